The lowest BCUT2D eigenvalue weighted by Gasteiger charge is -2.28. The van der Waals surface area contributed by atoms with Crippen LogP contribution in [0.4, 0.5) is 32.4 Å². The van der Waals surface area contributed by atoms with E-state index in [4.69, 9.17) is 4.74 Å². The van der Waals surface area contributed by atoms with E-state index in [0.717, 1.165) is 43.3 Å². The maximum absolute atomic E-state index is 14.3. The largest absolute Gasteiger partial charge is 0.490 e. The van der Waals surface area contributed by atoms with Gasteiger partial charge in [0, 0.05) is 6.54 Å². The molecule has 3 aromatic carbocycles. The van der Waals surface area contributed by atoms with Gasteiger partial charge in [0.05, 0.1) is 11.3 Å². The number of nitrogens with zero attached hydrogens (tertiary/aromatic N) is 2. The van der Waals surface area contributed by atoms with Crippen LogP contribution >= 0.6 is 12.4 Å². The molecule has 0 saturated carbocycles. The second kappa shape index (κ2) is 12.5. The summed E-state index contributed by atoms with van der Waals surface area (Å²) in [5, 5.41) is 3.29. The van der Waals surface area contributed by atoms with Crippen LogP contribution in [0.1, 0.15) is 48.9 Å². The SMILES string of the molecule is CC1(C)C(=O)N(c2ccc(F)c(C(F)(F)F)c2)C(=O)N1Cc1ccc(F)cc1Cc1ccc(OC2CCNCC2)cc1.Cl. The summed E-state index contributed by atoms with van der Waals surface area (Å²) in [5.74, 6) is -2.01. The van der Waals surface area contributed by atoms with Gasteiger partial charge in [0.25, 0.3) is 5.91 Å². The Balaban J connectivity index is 0.00000423. The average Bonchev–Trinajstić information content (AvgIpc) is 3.10. The van der Waals surface area contributed by atoms with Gasteiger partial charge in [-0.1, -0.05) is 18.2 Å². The van der Waals surface area contributed by atoms with Crippen LogP contribution in [0.3, 0.4) is 0 Å². The highest BCUT2D eigenvalue weighted by Gasteiger charge is 2.52. The number of piperidine rings is 1. The summed E-state index contributed by atoms with van der Waals surface area (Å²) in [6.07, 6.45) is -2.70. The Morgan fingerprint density at radius 1 is 0.930 bits per heavy atom. The standard InChI is InChI=1S/C31H30F5N3O3.ClH/c1-30(2)28(40)39(23-7-10-27(33)26(17-23)31(34,35)36)29(41)38(30)18-20-5-6-22(32)16-21(20)15-19-3-8-24(9-4-19)42-25-11-13-37-14-12-25;/h3-10,16-17,25,37H,11-15,18H2,1-2H3;1H. The predicted molar refractivity (Wildman–Crippen MR) is 153 cm³/mol. The van der Waals surface area contributed by atoms with Gasteiger partial charge in [-0.25, -0.2) is 18.5 Å². The van der Waals surface area contributed by atoms with Crippen LogP contribution in [0.5, 0.6) is 5.75 Å². The number of halogens is 6. The van der Waals surface area contributed by atoms with E-state index in [-0.39, 0.29) is 30.7 Å². The zero-order valence-corrected chi connectivity index (χ0v) is 24.3. The van der Waals surface area contributed by atoms with E-state index in [0.29, 0.717) is 34.6 Å². The molecule has 0 atom stereocenters. The number of benzene rings is 3. The molecule has 0 radical (unpaired) electrons. The molecule has 5 rings (SSSR count). The number of hydrogen-bond acceptors (Lipinski definition) is 4. The Kier molecular flexibility index (Phi) is 9.36. The van der Waals surface area contributed by atoms with Crippen molar-refractivity contribution in [3.8, 4) is 5.75 Å². The van der Waals surface area contributed by atoms with Crippen molar-refractivity contribution in [2.24, 2.45) is 0 Å². The first-order valence-corrected chi connectivity index (χ1v) is 13.6. The van der Waals surface area contributed by atoms with Crippen molar-refractivity contribution >= 4 is 30.0 Å². The summed E-state index contributed by atoms with van der Waals surface area (Å²) in [6.45, 7) is 4.66. The minimum Gasteiger partial charge on any atom is -0.490 e. The highest BCUT2D eigenvalue weighted by molar-refractivity contribution is 6.23. The number of ether oxygens (including phenoxy) is 1. The fourth-order valence-corrected chi connectivity index (χ4v) is 5.29. The molecule has 3 aromatic rings. The van der Waals surface area contributed by atoms with Crippen LogP contribution < -0.4 is 15.0 Å². The maximum atomic E-state index is 14.3. The first kappa shape index (κ1) is 32.2. The Morgan fingerprint density at radius 3 is 2.26 bits per heavy atom. The van der Waals surface area contributed by atoms with Gasteiger partial charge >= 0.3 is 12.2 Å². The molecule has 0 bridgehead atoms. The van der Waals surface area contributed by atoms with E-state index < -0.39 is 40.9 Å². The molecule has 0 unspecified atom stereocenters. The highest BCUT2D eigenvalue weighted by Crippen LogP contribution is 2.38. The first-order valence-electron chi connectivity index (χ1n) is 13.6. The van der Waals surface area contributed by atoms with Crippen LogP contribution in [0.2, 0.25) is 0 Å². The van der Waals surface area contributed by atoms with Crippen LogP contribution in [-0.4, -0.2) is 41.6 Å². The number of urea groups is 1. The Labute approximate surface area is 252 Å². The lowest BCUT2D eigenvalue weighted by Crippen LogP contribution is -2.43. The third kappa shape index (κ3) is 6.78. The summed E-state index contributed by atoms with van der Waals surface area (Å²) >= 11 is 0. The minimum absolute atomic E-state index is 0. The van der Waals surface area contributed by atoms with Crippen molar-refractivity contribution in [1.82, 2.24) is 10.2 Å². The molecular formula is C31H31ClF5N3O3. The van der Waals surface area contributed by atoms with Crippen molar-refractivity contribution in [3.05, 3.63) is 94.6 Å². The smallest absolute Gasteiger partial charge is 0.419 e. The molecule has 0 aromatic heterocycles. The number of rotatable bonds is 7. The number of amides is 3. The number of anilines is 1. The molecule has 12 heteroatoms. The fraction of sp³-hybridized carbons (Fsp3) is 0.355. The van der Waals surface area contributed by atoms with Crippen molar-refractivity contribution in [1.29, 1.82) is 0 Å². The summed E-state index contributed by atoms with van der Waals surface area (Å²) in [6, 6.07) is 12.7. The summed E-state index contributed by atoms with van der Waals surface area (Å²) in [4.78, 5) is 28.6. The summed E-state index contributed by atoms with van der Waals surface area (Å²) < 4.78 is 74.3. The summed E-state index contributed by atoms with van der Waals surface area (Å²) in [5.41, 5.74) is -1.39. The molecule has 43 heavy (non-hydrogen) atoms. The Bertz CT molecular complexity index is 1490. The van der Waals surface area contributed by atoms with Gasteiger partial charge < -0.3 is 15.0 Å². The number of carbonyl (C=O) groups is 2. The molecule has 0 spiro atoms. The molecule has 2 aliphatic heterocycles. The van der Waals surface area contributed by atoms with Gasteiger partial charge in [0.1, 0.15) is 29.0 Å². The second-order valence-corrected chi connectivity index (χ2v) is 11.0. The maximum Gasteiger partial charge on any atom is 0.419 e. The van der Waals surface area contributed by atoms with Crippen LogP contribution in [0.25, 0.3) is 0 Å². The van der Waals surface area contributed by atoms with E-state index in [1.54, 1.807) is 0 Å². The molecule has 2 fully saturated rings. The number of hydrogen-bond donors (Lipinski definition) is 1. The Hall–Kier alpha value is -3.70. The molecule has 0 aliphatic carbocycles. The third-order valence-corrected chi connectivity index (χ3v) is 7.74. The van der Waals surface area contributed by atoms with E-state index >= 15 is 0 Å². The molecule has 230 valence electrons. The topological polar surface area (TPSA) is 61.9 Å². The molecular weight excluding hydrogens is 593 g/mol. The van der Waals surface area contributed by atoms with E-state index in [1.165, 1.54) is 36.9 Å². The Morgan fingerprint density at radius 2 is 1.60 bits per heavy atom. The number of carbonyl (C=O) groups excluding carboxylic acids is 2. The normalized spacial score (nSPS) is 17.3. The van der Waals surface area contributed by atoms with Crippen molar-refractivity contribution in [2.75, 3.05) is 18.0 Å². The minimum atomic E-state index is -5.01. The lowest BCUT2D eigenvalue weighted by atomic mass is 9.97. The number of nitrogens with one attached hydrogen (secondary N) is 1. The number of alkyl halides is 3. The lowest BCUT2D eigenvalue weighted by molar-refractivity contribution is -0.140. The van der Waals surface area contributed by atoms with Crippen molar-refractivity contribution < 1.29 is 36.3 Å². The fourth-order valence-electron chi connectivity index (χ4n) is 5.29. The monoisotopic (exact) mass is 623 g/mol. The van der Waals surface area contributed by atoms with Crippen LogP contribution in [0, 0.1) is 11.6 Å². The van der Waals surface area contributed by atoms with E-state index in [9.17, 15) is 31.5 Å². The van der Waals surface area contributed by atoms with Gasteiger partial charge in [-0.05, 0) is 105 Å². The molecule has 2 heterocycles. The van der Waals surface area contributed by atoms with Crippen LogP contribution in [0.15, 0.2) is 60.7 Å². The summed E-state index contributed by atoms with van der Waals surface area (Å²) in [7, 11) is 0. The molecule has 3 amide bonds. The second-order valence-electron chi connectivity index (χ2n) is 11.0. The molecule has 1 N–H and O–H groups in total. The quantitative estimate of drug-likeness (QED) is 0.230. The zero-order chi connectivity index (χ0) is 30.2. The molecule has 2 saturated heterocycles. The van der Waals surface area contributed by atoms with Gasteiger partial charge in [0.2, 0.25) is 0 Å². The zero-order valence-electron chi connectivity index (χ0n) is 23.5. The first-order chi connectivity index (χ1) is 19.8. The number of imide groups is 1. The van der Waals surface area contributed by atoms with Gasteiger partial charge in [0.15, 0.2) is 0 Å². The predicted octanol–water partition coefficient (Wildman–Crippen LogP) is 6.87. The van der Waals surface area contributed by atoms with Gasteiger partial charge in [-0.2, -0.15) is 13.2 Å². The molecule has 6 nitrogen and oxygen atoms in total. The molecule has 2 aliphatic rings. The van der Waals surface area contributed by atoms with E-state index in [1.807, 2.05) is 24.3 Å². The van der Waals surface area contributed by atoms with Gasteiger partial charge in [-0.3, -0.25) is 4.79 Å². The van der Waals surface area contributed by atoms with Crippen LogP contribution in [-0.2, 0) is 23.9 Å². The average molecular weight is 624 g/mol. The third-order valence-electron chi connectivity index (χ3n) is 7.74. The van der Waals surface area contributed by atoms with Gasteiger partial charge in [-0.15, -0.1) is 12.4 Å². The van der Waals surface area contributed by atoms with Crippen molar-refractivity contribution in [2.45, 2.75) is 57.5 Å². The van der Waals surface area contributed by atoms with Crippen molar-refractivity contribution in [3.63, 3.8) is 0 Å². The van der Waals surface area contributed by atoms with E-state index in [2.05, 4.69) is 5.32 Å². The highest BCUT2D eigenvalue weighted by atomic mass is 35.5.